The average molecular weight is 228 g/mol. The summed E-state index contributed by atoms with van der Waals surface area (Å²) in [5.41, 5.74) is 5.68. The van der Waals surface area contributed by atoms with E-state index >= 15 is 0 Å². The number of nitrogens with two attached hydrogens (primary N) is 1. The molecule has 0 spiro atoms. The fourth-order valence-electron chi connectivity index (χ4n) is 1.87. The van der Waals surface area contributed by atoms with Crippen molar-refractivity contribution in [3.63, 3.8) is 0 Å². The van der Waals surface area contributed by atoms with Crippen molar-refractivity contribution >= 4 is 11.9 Å². The van der Waals surface area contributed by atoms with Crippen LogP contribution in [-0.4, -0.2) is 41.0 Å². The fraction of sp³-hybridized carbons (Fsp3) is 0.818. The van der Waals surface area contributed by atoms with Gasteiger partial charge in [-0.2, -0.15) is 0 Å². The molecule has 1 rings (SSSR count). The molecule has 0 bridgehead atoms. The van der Waals surface area contributed by atoms with Gasteiger partial charge in [0.2, 0.25) is 5.91 Å². The van der Waals surface area contributed by atoms with Crippen LogP contribution in [0.15, 0.2) is 0 Å². The molecule has 1 heterocycles. The largest absolute Gasteiger partial charge is 0.481 e. The second-order valence-electron chi connectivity index (χ2n) is 4.55. The van der Waals surface area contributed by atoms with Gasteiger partial charge in [0.1, 0.15) is 0 Å². The molecule has 0 aliphatic carbocycles. The van der Waals surface area contributed by atoms with Crippen LogP contribution in [0.1, 0.15) is 32.6 Å². The minimum atomic E-state index is -0.907. The van der Waals surface area contributed by atoms with E-state index in [1.54, 1.807) is 4.90 Å². The molecule has 1 aliphatic rings. The van der Waals surface area contributed by atoms with Crippen molar-refractivity contribution in [3.05, 3.63) is 0 Å². The lowest BCUT2D eigenvalue weighted by molar-refractivity contribution is -0.138. The molecular weight excluding hydrogens is 208 g/mol. The Kier molecular flexibility index (Phi) is 4.73. The number of rotatable bonds is 4. The maximum absolute atomic E-state index is 11.8. The predicted molar refractivity (Wildman–Crippen MR) is 59.8 cm³/mol. The van der Waals surface area contributed by atoms with Gasteiger partial charge in [0.05, 0.1) is 6.04 Å². The second-order valence-corrected chi connectivity index (χ2v) is 4.55. The van der Waals surface area contributed by atoms with Crippen molar-refractivity contribution in [2.75, 3.05) is 13.1 Å². The molecule has 0 radical (unpaired) electrons. The number of nitrogens with zero attached hydrogens (tertiary/aromatic N) is 1. The number of hydrogen-bond acceptors (Lipinski definition) is 3. The summed E-state index contributed by atoms with van der Waals surface area (Å²) < 4.78 is 0. The number of carbonyl (C=O) groups is 2. The minimum Gasteiger partial charge on any atom is -0.481 e. The molecule has 92 valence electrons. The number of carboxylic acid groups (broad SMARTS) is 1. The van der Waals surface area contributed by atoms with Crippen LogP contribution in [0, 0.1) is 5.92 Å². The Morgan fingerprint density at radius 1 is 1.44 bits per heavy atom. The Labute approximate surface area is 95.6 Å². The van der Waals surface area contributed by atoms with Crippen LogP contribution in [0.25, 0.3) is 0 Å². The van der Waals surface area contributed by atoms with Crippen LogP contribution in [0.3, 0.4) is 0 Å². The number of likely N-dealkylation sites (tertiary alicyclic amines) is 1. The molecule has 16 heavy (non-hydrogen) atoms. The first kappa shape index (κ1) is 13.0. The first-order valence-electron chi connectivity index (χ1n) is 5.77. The van der Waals surface area contributed by atoms with Crippen LogP contribution < -0.4 is 5.73 Å². The Morgan fingerprint density at radius 3 is 2.50 bits per heavy atom. The van der Waals surface area contributed by atoms with E-state index in [1.807, 2.05) is 0 Å². The summed E-state index contributed by atoms with van der Waals surface area (Å²) in [6, 6.07) is -0.662. The van der Waals surface area contributed by atoms with E-state index in [9.17, 15) is 9.59 Å². The van der Waals surface area contributed by atoms with Gasteiger partial charge in [-0.3, -0.25) is 9.59 Å². The van der Waals surface area contributed by atoms with Crippen molar-refractivity contribution < 1.29 is 14.7 Å². The molecule has 1 saturated heterocycles. The monoisotopic (exact) mass is 228 g/mol. The molecule has 5 nitrogen and oxygen atoms in total. The molecule has 1 atom stereocenters. The molecule has 1 fully saturated rings. The quantitative estimate of drug-likeness (QED) is 0.731. The maximum atomic E-state index is 11.8. The molecule has 0 aromatic heterocycles. The number of amides is 1. The van der Waals surface area contributed by atoms with Crippen molar-refractivity contribution in [1.82, 2.24) is 4.90 Å². The lowest BCUT2D eigenvalue weighted by Gasteiger charge is -2.32. The van der Waals surface area contributed by atoms with Crippen LogP contribution in [0.5, 0.6) is 0 Å². The summed E-state index contributed by atoms with van der Waals surface area (Å²) >= 11 is 0. The second kappa shape index (κ2) is 5.84. The topological polar surface area (TPSA) is 83.6 Å². The highest BCUT2D eigenvalue weighted by Gasteiger charge is 2.24. The zero-order valence-electron chi connectivity index (χ0n) is 9.69. The lowest BCUT2D eigenvalue weighted by Crippen LogP contribution is -2.47. The van der Waals surface area contributed by atoms with E-state index in [4.69, 9.17) is 10.8 Å². The van der Waals surface area contributed by atoms with Crippen LogP contribution in [-0.2, 0) is 9.59 Å². The SMILES string of the molecule is CC1CCN(C(=O)[C@@H](N)CCC(=O)O)CC1. The van der Waals surface area contributed by atoms with Crippen LogP contribution >= 0.6 is 0 Å². The van der Waals surface area contributed by atoms with E-state index in [1.165, 1.54) is 0 Å². The smallest absolute Gasteiger partial charge is 0.303 e. The molecular formula is C11H20N2O3. The zero-order chi connectivity index (χ0) is 12.1. The van der Waals surface area contributed by atoms with Crippen LogP contribution in [0.4, 0.5) is 0 Å². The van der Waals surface area contributed by atoms with E-state index in [0.29, 0.717) is 5.92 Å². The third-order valence-corrected chi connectivity index (χ3v) is 3.08. The van der Waals surface area contributed by atoms with Gasteiger partial charge in [-0.15, -0.1) is 0 Å². The Morgan fingerprint density at radius 2 is 2.00 bits per heavy atom. The Balaban J connectivity index is 2.35. The highest BCUT2D eigenvalue weighted by atomic mass is 16.4. The first-order valence-corrected chi connectivity index (χ1v) is 5.77. The predicted octanol–water partition coefficient (Wildman–Crippen LogP) is 0.437. The molecule has 0 saturated carbocycles. The van der Waals surface area contributed by atoms with E-state index in [0.717, 1.165) is 25.9 Å². The van der Waals surface area contributed by atoms with Crippen molar-refractivity contribution in [2.24, 2.45) is 11.7 Å². The molecule has 3 N–H and O–H groups in total. The van der Waals surface area contributed by atoms with Crippen molar-refractivity contribution in [1.29, 1.82) is 0 Å². The molecule has 5 heteroatoms. The third kappa shape index (κ3) is 3.81. The number of hydrogen-bond donors (Lipinski definition) is 2. The number of aliphatic carboxylic acids is 1. The summed E-state index contributed by atoms with van der Waals surface area (Å²) in [7, 11) is 0. The number of carbonyl (C=O) groups excluding carboxylic acids is 1. The first-order chi connectivity index (χ1) is 7.50. The van der Waals surface area contributed by atoms with E-state index in [-0.39, 0.29) is 18.7 Å². The Bertz CT molecular complexity index is 260. The summed E-state index contributed by atoms with van der Waals surface area (Å²) in [5.74, 6) is -0.344. The standard InChI is InChI=1S/C11H20N2O3/c1-8-4-6-13(7-5-8)11(16)9(12)2-3-10(14)15/h8-9H,2-7,12H2,1H3,(H,14,15)/t9-/m0/s1. The molecule has 1 aliphatic heterocycles. The summed E-state index contributed by atoms with van der Waals surface area (Å²) in [6.45, 7) is 3.67. The minimum absolute atomic E-state index is 0.0445. The summed E-state index contributed by atoms with van der Waals surface area (Å²) in [5, 5.41) is 8.51. The average Bonchev–Trinajstić information content (AvgIpc) is 2.26. The van der Waals surface area contributed by atoms with Crippen molar-refractivity contribution in [3.8, 4) is 0 Å². The molecule has 0 aromatic rings. The van der Waals surface area contributed by atoms with Gasteiger partial charge in [-0.05, 0) is 25.2 Å². The molecule has 0 unspecified atom stereocenters. The van der Waals surface area contributed by atoms with Gasteiger partial charge < -0.3 is 15.7 Å². The van der Waals surface area contributed by atoms with Gasteiger partial charge in [0, 0.05) is 19.5 Å². The third-order valence-electron chi connectivity index (χ3n) is 3.08. The lowest BCUT2D eigenvalue weighted by atomic mass is 9.98. The normalized spacial score (nSPS) is 19.5. The van der Waals surface area contributed by atoms with E-state index in [2.05, 4.69) is 6.92 Å². The molecule has 0 aromatic carbocycles. The van der Waals surface area contributed by atoms with E-state index < -0.39 is 12.0 Å². The van der Waals surface area contributed by atoms with Gasteiger partial charge in [-0.25, -0.2) is 0 Å². The maximum Gasteiger partial charge on any atom is 0.303 e. The molecule has 1 amide bonds. The summed E-state index contributed by atoms with van der Waals surface area (Å²) in [6.07, 6.45) is 2.20. The van der Waals surface area contributed by atoms with Gasteiger partial charge in [0.15, 0.2) is 0 Å². The Hall–Kier alpha value is -1.10. The fourth-order valence-corrected chi connectivity index (χ4v) is 1.87. The summed E-state index contributed by atoms with van der Waals surface area (Å²) in [4.78, 5) is 23.9. The van der Waals surface area contributed by atoms with Gasteiger partial charge in [0.25, 0.3) is 0 Å². The van der Waals surface area contributed by atoms with Gasteiger partial charge >= 0.3 is 5.97 Å². The number of carboxylic acids is 1. The zero-order valence-corrected chi connectivity index (χ0v) is 9.69. The van der Waals surface area contributed by atoms with Gasteiger partial charge in [-0.1, -0.05) is 6.92 Å². The van der Waals surface area contributed by atoms with Crippen LogP contribution in [0.2, 0.25) is 0 Å². The highest BCUT2D eigenvalue weighted by Crippen LogP contribution is 2.16. The number of piperidine rings is 1. The highest BCUT2D eigenvalue weighted by molar-refractivity contribution is 5.82. The van der Waals surface area contributed by atoms with Crippen molar-refractivity contribution in [2.45, 2.75) is 38.6 Å².